The summed E-state index contributed by atoms with van der Waals surface area (Å²) in [5.74, 6) is -0.238. The van der Waals surface area contributed by atoms with Crippen molar-refractivity contribution in [3.05, 3.63) is 59.2 Å². The number of amides is 3. The van der Waals surface area contributed by atoms with Crippen LogP contribution in [0.1, 0.15) is 21.5 Å². The molecule has 0 aliphatic heterocycles. The van der Waals surface area contributed by atoms with Gasteiger partial charge in [-0.3, -0.25) is 4.79 Å². The van der Waals surface area contributed by atoms with E-state index in [0.717, 1.165) is 11.1 Å². The average Bonchev–Trinajstić information content (AvgIpc) is 2.66. The number of ether oxygens (including phenoxy) is 2. The van der Waals surface area contributed by atoms with Gasteiger partial charge in [-0.05, 0) is 48.4 Å². The molecule has 0 radical (unpaired) electrons. The van der Waals surface area contributed by atoms with Gasteiger partial charge in [0.05, 0.1) is 7.11 Å². The summed E-state index contributed by atoms with van der Waals surface area (Å²) >= 11 is 0. The van der Waals surface area contributed by atoms with E-state index in [0.29, 0.717) is 23.5 Å². The highest BCUT2D eigenvalue weighted by atomic mass is 16.6. The van der Waals surface area contributed by atoms with Crippen LogP contribution < -0.4 is 21.1 Å². The van der Waals surface area contributed by atoms with E-state index in [1.807, 2.05) is 6.92 Å². The Morgan fingerprint density at radius 3 is 2.37 bits per heavy atom. The predicted molar refractivity (Wildman–Crippen MR) is 99.5 cm³/mol. The van der Waals surface area contributed by atoms with E-state index in [1.165, 1.54) is 7.11 Å². The molecule has 2 aromatic carbocycles. The molecule has 27 heavy (non-hydrogen) atoms. The van der Waals surface area contributed by atoms with Gasteiger partial charge in [0.15, 0.2) is 6.61 Å². The van der Waals surface area contributed by atoms with Crippen LogP contribution in [0, 0.1) is 6.92 Å². The Hall–Kier alpha value is -3.55. The number of urea groups is 1. The molecule has 8 nitrogen and oxygen atoms in total. The van der Waals surface area contributed by atoms with Crippen molar-refractivity contribution < 1.29 is 23.9 Å². The second-order valence-electron chi connectivity index (χ2n) is 5.71. The lowest BCUT2D eigenvalue weighted by Crippen LogP contribution is -2.28. The zero-order valence-electron chi connectivity index (χ0n) is 15.1. The van der Waals surface area contributed by atoms with Crippen molar-refractivity contribution in [1.82, 2.24) is 5.32 Å². The number of carbonyl (C=O) groups excluding carboxylic acids is 3. The second kappa shape index (κ2) is 9.23. The fourth-order valence-corrected chi connectivity index (χ4v) is 2.23. The second-order valence-corrected chi connectivity index (χ2v) is 5.71. The molecule has 2 rings (SSSR count). The fraction of sp³-hybridized carbons (Fsp3) is 0.211. The summed E-state index contributed by atoms with van der Waals surface area (Å²) in [5, 5.41) is 5.31. The van der Waals surface area contributed by atoms with Crippen molar-refractivity contribution in [2.75, 3.05) is 19.0 Å². The number of benzene rings is 2. The molecular formula is C19H21N3O5. The molecule has 0 aromatic heterocycles. The van der Waals surface area contributed by atoms with E-state index in [4.69, 9.17) is 10.5 Å². The van der Waals surface area contributed by atoms with Gasteiger partial charge in [-0.2, -0.15) is 0 Å². The van der Waals surface area contributed by atoms with Gasteiger partial charge >= 0.3 is 12.0 Å². The maximum Gasteiger partial charge on any atom is 0.343 e. The van der Waals surface area contributed by atoms with Gasteiger partial charge < -0.3 is 25.8 Å². The number of nitrogens with two attached hydrogens (primary N) is 1. The molecule has 142 valence electrons. The first-order valence-corrected chi connectivity index (χ1v) is 8.13. The molecule has 0 spiro atoms. The number of aryl methyl sites for hydroxylation is 1. The van der Waals surface area contributed by atoms with Crippen LogP contribution >= 0.6 is 0 Å². The average molecular weight is 371 g/mol. The first kappa shape index (κ1) is 19.8. The summed E-state index contributed by atoms with van der Waals surface area (Å²) in [6.07, 6.45) is 0. The van der Waals surface area contributed by atoms with E-state index >= 15 is 0 Å². The third-order valence-electron chi connectivity index (χ3n) is 3.71. The summed E-state index contributed by atoms with van der Waals surface area (Å²) in [7, 11) is 1.29. The minimum absolute atomic E-state index is 0.182. The molecule has 0 saturated heterocycles. The van der Waals surface area contributed by atoms with E-state index in [2.05, 4.69) is 15.4 Å². The normalized spacial score (nSPS) is 10.0. The molecule has 0 bridgehead atoms. The minimum Gasteiger partial charge on any atom is -0.482 e. The number of anilines is 1. The zero-order valence-corrected chi connectivity index (χ0v) is 15.1. The van der Waals surface area contributed by atoms with Crippen LogP contribution in [0.2, 0.25) is 0 Å². The highest BCUT2D eigenvalue weighted by Gasteiger charge is 2.09. The predicted octanol–water partition coefficient (Wildman–Crippen LogP) is 1.97. The number of hydrogen-bond acceptors (Lipinski definition) is 5. The van der Waals surface area contributed by atoms with E-state index < -0.39 is 12.0 Å². The lowest BCUT2D eigenvalue weighted by Gasteiger charge is -2.11. The highest BCUT2D eigenvalue weighted by Crippen LogP contribution is 2.22. The van der Waals surface area contributed by atoms with Crippen molar-refractivity contribution in [1.29, 1.82) is 0 Å². The molecule has 0 aliphatic carbocycles. The molecule has 0 saturated carbocycles. The van der Waals surface area contributed by atoms with Gasteiger partial charge in [0.25, 0.3) is 5.91 Å². The van der Waals surface area contributed by atoms with Gasteiger partial charge in [-0.1, -0.05) is 12.1 Å². The van der Waals surface area contributed by atoms with Crippen LogP contribution in [0.3, 0.4) is 0 Å². The van der Waals surface area contributed by atoms with E-state index in [-0.39, 0.29) is 12.5 Å². The van der Waals surface area contributed by atoms with Crippen molar-refractivity contribution in [3.63, 3.8) is 0 Å². The summed E-state index contributed by atoms with van der Waals surface area (Å²) in [6.45, 7) is 1.93. The van der Waals surface area contributed by atoms with Gasteiger partial charge in [-0.25, -0.2) is 9.59 Å². The van der Waals surface area contributed by atoms with Crippen molar-refractivity contribution >= 4 is 23.6 Å². The van der Waals surface area contributed by atoms with Crippen LogP contribution in [-0.2, 0) is 16.1 Å². The van der Waals surface area contributed by atoms with Crippen molar-refractivity contribution in [3.8, 4) is 5.75 Å². The number of hydrogen-bond donors (Lipinski definition) is 3. The Morgan fingerprint density at radius 2 is 1.78 bits per heavy atom. The molecule has 8 heteroatoms. The number of nitrogens with one attached hydrogen (secondary N) is 2. The first-order chi connectivity index (χ1) is 12.9. The molecular weight excluding hydrogens is 350 g/mol. The lowest BCUT2D eigenvalue weighted by molar-refractivity contribution is -0.142. The lowest BCUT2D eigenvalue weighted by atomic mass is 10.1. The van der Waals surface area contributed by atoms with Crippen LogP contribution in [-0.4, -0.2) is 31.6 Å². The quantitative estimate of drug-likeness (QED) is 0.643. The monoisotopic (exact) mass is 371 g/mol. The third kappa shape index (κ3) is 6.03. The summed E-state index contributed by atoms with van der Waals surface area (Å²) < 4.78 is 9.83. The Balaban J connectivity index is 1.98. The van der Waals surface area contributed by atoms with Crippen molar-refractivity contribution in [2.24, 2.45) is 5.73 Å². The standard InChI is InChI=1S/C19H21N3O5/c1-12-9-15(27-11-17(23)26-2)7-8-16(12)22-18(24)14-5-3-13(4-6-14)10-21-19(20)25/h3-9H,10-11H2,1-2H3,(H,22,24)(H3,20,21,25). The van der Waals surface area contributed by atoms with Gasteiger partial charge in [0, 0.05) is 17.8 Å². The number of methoxy groups -OCH3 is 1. The summed E-state index contributed by atoms with van der Waals surface area (Å²) in [6, 6.07) is 11.3. The number of primary amides is 1. The molecule has 0 fully saturated rings. The van der Waals surface area contributed by atoms with Crippen LogP contribution in [0.5, 0.6) is 5.75 Å². The summed E-state index contributed by atoms with van der Waals surface area (Å²) in [4.78, 5) is 34.2. The molecule has 2 aromatic rings. The van der Waals surface area contributed by atoms with E-state index in [1.54, 1.807) is 42.5 Å². The SMILES string of the molecule is COC(=O)COc1ccc(NC(=O)c2ccc(CNC(N)=O)cc2)c(C)c1. The highest BCUT2D eigenvalue weighted by molar-refractivity contribution is 6.04. The minimum atomic E-state index is -0.605. The maximum atomic E-state index is 12.4. The molecule has 3 amide bonds. The van der Waals surface area contributed by atoms with Gasteiger partial charge in [-0.15, -0.1) is 0 Å². The molecule has 0 unspecified atom stereocenters. The smallest absolute Gasteiger partial charge is 0.343 e. The third-order valence-corrected chi connectivity index (χ3v) is 3.71. The van der Waals surface area contributed by atoms with Gasteiger partial charge in [0.2, 0.25) is 0 Å². The summed E-state index contributed by atoms with van der Waals surface area (Å²) in [5.41, 5.74) is 7.74. The topological polar surface area (TPSA) is 120 Å². The Morgan fingerprint density at radius 1 is 1.07 bits per heavy atom. The van der Waals surface area contributed by atoms with Gasteiger partial charge in [0.1, 0.15) is 5.75 Å². The zero-order chi connectivity index (χ0) is 19.8. The largest absolute Gasteiger partial charge is 0.482 e. The number of esters is 1. The number of carbonyl (C=O) groups is 3. The van der Waals surface area contributed by atoms with Crippen LogP contribution in [0.25, 0.3) is 0 Å². The molecule has 0 atom stereocenters. The molecule has 0 heterocycles. The van der Waals surface area contributed by atoms with Crippen molar-refractivity contribution in [2.45, 2.75) is 13.5 Å². The van der Waals surface area contributed by atoms with E-state index in [9.17, 15) is 14.4 Å². The van der Waals surface area contributed by atoms with Crippen LogP contribution in [0.4, 0.5) is 10.5 Å². The first-order valence-electron chi connectivity index (χ1n) is 8.13. The Kier molecular flexibility index (Phi) is 6.76. The Labute approximate surface area is 156 Å². The molecule has 0 aliphatic rings. The van der Waals surface area contributed by atoms with Crippen LogP contribution in [0.15, 0.2) is 42.5 Å². The fourth-order valence-electron chi connectivity index (χ4n) is 2.23. The molecule has 4 N–H and O–H groups in total. The Bertz CT molecular complexity index is 834. The maximum absolute atomic E-state index is 12.4. The number of rotatable bonds is 7.